The predicted molar refractivity (Wildman–Crippen MR) is 98.2 cm³/mol. The summed E-state index contributed by atoms with van der Waals surface area (Å²) in [6, 6.07) is 3.56. The van der Waals surface area contributed by atoms with Crippen LogP contribution < -0.4 is 10.6 Å². The van der Waals surface area contributed by atoms with Crippen molar-refractivity contribution in [2.75, 3.05) is 30.7 Å². The minimum absolute atomic E-state index is 0.0755. The van der Waals surface area contributed by atoms with Gasteiger partial charge in [-0.05, 0) is 32.9 Å². The topological polar surface area (TPSA) is 112 Å². The summed E-state index contributed by atoms with van der Waals surface area (Å²) < 4.78 is 45.4. The first-order valence-electron chi connectivity index (χ1n) is 8.50. The minimum atomic E-state index is -3.54. The lowest BCUT2D eigenvalue weighted by atomic mass is 10.1. The Morgan fingerprint density at radius 2 is 2.00 bits per heavy atom. The SMILES string of the molecule is Cc1c(F)cc(C#N)cc1NC(=O)NCCS(=O)(=O)N1CC(C)OC(C)C1. The van der Waals surface area contributed by atoms with E-state index in [2.05, 4.69) is 10.6 Å². The van der Waals surface area contributed by atoms with Gasteiger partial charge in [-0.1, -0.05) is 0 Å². The molecule has 2 amide bonds. The molecule has 2 atom stereocenters. The van der Waals surface area contributed by atoms with E-state index >= 15 is 0 Å². The molecule has 27 heavy (non-hydrogen) atoms. The number of urea groups is 1. The molecule has 1 saturated heterocycles. The Labute approximate surface area is 158 Å². The molecule has 2 N–H and O–H groups in total. The molecule has 10 heteroatoms. The first kappa shape index (κ1) is 21.1. The van der Waals surface area contributed by atoms with Crippen LogP contribution in [0.5, 0.6) is 0 Å². The van der Waals surface area contributed by atoms with Crippen LogP contribution in [0.25, 0.3) is 0 Å². The van der Waals surface area contributed by atoms with Gasteiger partial charge in [0.05, 0.1) is 29.6 Å². The van der Waals surface area contributed by atoms with Crippen LogP contribution in [-0.4, -0.2) is 56.3 Å². The summed E-state index contributed by atoms with van der Waals surface area (Å²) in [6.07, 6.45) is -0.380. The molecule has 1 aromatic rings. The van der Waals surface area contributed by atoms with Crippen molar-refractivity contribution in [1.29, 1.82) is 5.26 Å². The largest absolute Gasteiger partial charge is 0.373 e. The lowest BCUT2D eigenvalue weighted by molar-refractivity contribution is -0.0440. The van der Waals surface area contributed by atoms with E-state index in [1.807, 2.05) is 6.07 Å². The van der Waals surface area contributed by atoms with Crippen LogP contribution in [0, 0.1) is 24.1 Å². The molecule has 1 aliphatic heterocycles. The van der Waals surface area contributed by atoms with Gasteiger partial charge in [0.25, 0.3) is 0 Å². The summed E-state index contributed by atoms with van der Waals surface area (Å²) in [5.74, 6) is -0.867. The van der Waals surface area contributed by atoms with Crippen molar-refractivity contribution < 1.29 is 22.3 Å². The summed E-state index contributed by atoms with van der Waals surface area (Å²) in [5.41, 5.74) is 0.419. The zero-order valence-electron chi connectivity index (χ0n) is 15.5. The molecule has 1 aromatic carbocycles. The zero-order chi connectivity index (χ0) is 20.2. The predicted octanol–water partition coefficient (Wildman–Crippen LogP) is 1.57. The van der Waals surface area contributed by atoms with Crippen molar-refractivity contribution in [2.24, 2.45) is 0 Å². The van der Waals surface area contributed by atoms with Crippen molar-refractivity contribution in [1.82, 2.24) is 9.62 Å². The van der Waals surface area contributed by atoms with E-state index in [1.54, 1.807) is 13.8 Å². The zero-order valence-corrected chi connectivity index (χ0v) is 16.3. The number of hydrogen-bond donors (Lipinski definition) is 2. The number of nitrogens with zero attached hydrogens (tertiary/aromatic N) is 2. The first-order chi connectivity index (χ1) is 12.6. The molecule has 0 saturated carbocycles. The summed E-state index contributed by atoms with van der Waals surface area (Å²) in [4.78, 5) is 12.0. The quantitative estimate of drug-likeness (QED) is 0.782. The molecule has 148 valence electrons. The average molecular weight is 398 g/mol. The summed E-state index contributed by atoms with van der Waals surface area (Å²) in [6.45, 7) is 5.53. The summed E-state index contributed by atoms with van der Waals surface area (Å²) >= 11 is 0. The van der Waals surface area contributed by atoms with Crippen molar-refractivity contribution >= 4 is 21.7 Å². The van der Waals surface area contributed by atoms with Gasteiger partial charge in [0, 0.05) is 30.9 Å². The Kier molecular flexibility index (Phi) is 6.75. The number of anilines is 1. The number of sulfonamides is 1. The molecule has 8 nitrogen and oxygen atoms in total. The lowest BCUT2D eigenvalue weighted by Gasteiger charge is -2.34. The van der Waals surface area contributed by atoms with Gasteiger partial charge in [-0.25, -0.2) is 17.6 Å². The Hall–Kier alpha value is -2.22. The number of rotatable bonds is 5. The van der Waals surface area contributed by atoms with Gasteiger partial charge in [0.1, 0.15) is 5.82 Å². The normalized spacial score (nSPS) is 20.7. The molecule has 0 spiro atoms. The van der Waals surface area contributed by atoms with Gasteiger partial charge >= 0.3 is 6.03 Å². The molecule has 2 unspecified atom stereocenters. The number of amides is 2. The number of ether oxygens (including phenoxy) is 1. The molecule has 1 aliphatic rings. The second-order valence-corrected chi connectivity index (χ2v) is 8.60. The third-order valence-electron chi connectivity index (χ3n) is 4.15. The maximum Gasteiger partial charge on any atom is 0.319 e. The van der Waals surface area contributed by atoms with Crippen LogP contribution in [0.2, 0.25) is 0 Å². The number of carbonyl (C=O) groups is 1. The van der Waals surface area contributed by atoms with Crippen molar-refractivity contribution in [3.63, 3.8) is 0 Å². The van der Waals surface area contributed by atoms with E-state index in [0.29, 0.717) is 0 Å². The molecule has 0 radical (unpaired) electrons. The van der Waals surface area contributed by atoms with Gasteiger partial charge < -0.3 is 15.4 Å². The highest BCUT2D eigenvalue weighted by Gasteiger charge is 2.30. The fraction of sp³-hybridized carbons (Fsp3) is 0.529. The number of carbonyl (C=O) groups excluding carboxylic acids is 1. The van der Waals surface area contributed by atoms with Crippen LogP contribution in [0.3, 0.4) is 0 Å². The Bertz CT molecular complexity index is 843. The van der Waals surface area contributed by atoms with Crippen molar-refractivity contribution in [3.8, 4) is 6.07 Å². The van der Waals surface area contributed by atoms with Gasteiger partial charge in [-0.3, -0.25) is 0 Å². The second kappa shape index (κ2) is 8.65. The van der Waals surface area contributed by atoms with Gasteiger partial charge in [-0.2, -0.15) is 9.57 Å². The molecule has 0 aromatic heterocycles. The van der Waals surface area contributed by atoms with E-state index in [4.69, 9.17) is 10.00 Å². The number of halogens is 1. The molecule has 1 heterocycles. The third-order valence-corrected chi connectivity index (χ3v) is 5.95. The Balaban J connectivity index is 1.91. The molecule has 0 aliphatic carbocycles. The second-order valence-electron chi connectivity index (χ2n) is 6.51. The lowest BCUT2D eigenvalue weighted by Crippen LogP contribution is -2.49. The number of nitriles is 1. The fourth-order valence-corrected chi connectivity index (χ4v) is 4.31. The molecular weight excluding hydrogens is 375 g/mol. The first-order valence-corrected chi connectivity index (χ1v) is 10.1. The molecule has 2 rings (SSSR count). The van der Waals surface area contributed by atoms with E-state index < -0.39 is 21.9 Å². The van der Waals surface area contributed by atoms with Crippen LogP contribution in [0.1, 0.15) is 25.0 Å². The van der Waals surface area contributed by atoms with Gasteiger partial charge in [0.15, 0.2) is 0 Å². The summed E-state index contributed by atoms with van der Waals surface area (Å²) in [7, 11) is -3.54. The van der Waals surface area contributed by atoms with Crippen LogP contribution in [-0.2, 0) is 14.8 Å². The van der Waals surface area contributed by atoms with E-state index in [0.717, 1.165) is 6.07 Å². The highest BCUT2D eigenvalue weighted by atomic mass is 32.2. The minimum Gasteiger partial charge on any atom is -0.373 e. The highest BCUT2D eigenvalue weighted by molar-refractivity contribution is 7.89. The fourth-order valence-electron chi connectivity index (χ4n) is 2.82. The van der Waals surface area contributed by atoms with E-state index in [1.165, 1.54) is 17.3 Å². The van der Waals surface area contributed by atoms with Crippen LogP contribution in [0.4, 0.5) is 14.9 Å². The Morgan fingerprint density at radius 1 is 1.37 bits per heavy atom. The van der Waals surface area contributed by atoms with E-state index in [9.17, 15) is 17.6 Å². The third kappa shape index (κ3) is 5.63. The number of hydrogen-bond acceptors (Lipinski definition) is 5. The van der Waals surface area contributed by atoms with Crippen LogP contribution >= 0.6 is 0 Å². The van der Waals surface area contributed by atoms with Crippen molar-refractivity contribution in [3.05, 3.63) is 29.1 Å². The van der Waals surface area contributed by atoms with Crippen LogP contribution in [0.15, 0.2) is 12.1 Å². The monoisotopic (exact) mass is 398 g/mol. The number of benzene rings is 1. The van der Waals surface area contributed by atoms with E-state index in [-0.39, 0.29) is 54.4 Å². The standard InChI is InChI=1S/C17H23FN4O4S/c1-11-9-22(10-12(2)26-11)27(24,25)5-4-20-17(23)21-16-7-14(8-19)6-15(18)13(16)3/h6-7,11-12H,4-5,9-10H2,1-3H3,(H2,20,21,23). The number of morpholine rings is 1. The molecular formula is C17H23FN4O4S. The summed E-state index contributed by atoms with van der Waals surface area (Å²) in [5, 5.41) is 13.8. The Morgan fingerprint density at radius 3 is 2.59 bits per heavy atom. The highest BCUT2D eigenvalue weighted by Crippen LogP contribution is 2.20. The van der Waals surface area contributed by atoms with Gasteiger partial charge in [0.2, 0.25) is 10.0 Å². The maximum atomic E-state index is 13.7. The van der Waals surface area contributed by atoms with Crippen molar-refractivity contribution in [2.45, 2.75) is 33.0 Å². The average Bonchev–Trinajstić information content (AvgIpc) is 2.57. The molecule has 0 bridgehead atoms. The molecule has 1 fully saturated rings. The smallest absolute Gasteiger partial charge is 0.319 e. The maximum absolute atomic E-state index is 13.7. The van der Waals surface area contributed by atoms with Gasteiger partial charge in [-0.15, -0.1) is 0 Å². The number of nitrogens with one attached hydrogen (secondary N) is 2.